The minimum absolute atomic E-state index is 0.0697. The van der Waals surface area contributed by atoms with E-state index in [-0.39, 0.29) is 18.1 Å². The van der Waals surface area contributed by atoms with Crippen LogP contribution in [0.2, 0.25) is 0 Å². The van der Waals surface area contributed by atoms with Gasteiger partial charge in [0.2, 0.25) is 5.76 Å². The highest BCUT2D eigenvalue weighted by molar-refractivity contribution is 5.84. The van der Waals surface area contributed by atoms with Crippen LogP contribution in [0.4, 0.5) is 0 Å². The maximum atomic E-state index is 10.5. The van der Waals surface area contributed by atoms with Crippen molar-refractivity contribution in [3.05, 3.63) is 41.8 Å². The Bertz CT molecular complexity index is 534. The normalized spacial score (nSPS) is 10.1. The molecule has 1 heterocycles. The molecule has 0 bridgehead atoms. The Morgan fingerprint density at radius 2 is 2.24 bits per heavy atom. The van der Waals surface area contributed by atoms with Crippen LogP contribution in [0, 0.1) is 0 Å². The maximum absolute atomic E-state index is 10.5. The Hall–Kier alpha value is -2.50. The first-order chi connectivity index (χ1) is 8.15. The molecule has 0 aliphatic heterocycles. The molecule has 0 aliphatic carbocycles. The third kappa shape index (κ3) is 2.75. The molecule has 0 aliphatic rings. The van der Waals surface area contributed by atoms with Crippen molar-refractivity contribution in [2.45, 2.75) is 6.61 Å². The van der Waals surface area contributed by atoms with Gasteiger partial charge >= 0.3 is 5.97 Å². The van der Waals surface area contributed by atoms with Gasteiger partial charge in [-0.1, -0.05) is 11.2 Å². The van der Waals surface area contributed by atoms with E-state index in [1.165, 1.54) is 18.2 Å². The summed E-state index contributed by atoms with van der Waals surface area (Å²) in [6.45, 7) is 0.0697. The van der Waals surface area contributed by atoms with Crippen LogP contribution in [0.5, 0.6) is 11.5 Å². The standard InChI is InChI=1S/C11H9NO5/c13-8-2-1-3-9(5-8)16-6-7-4-10(11(14)15)17-12-7/h1-5,13H,6H2,(H,14,15). The number of aromatic hydroxyl groups is 1. The van der Waals surface area contributed by atoms with E-state index < -0.39 is 5.97 Å². The predicted octanol–water partition coefficient (Wildman–Crippen LogP) is 1.66. The van der Waals surface area contributed by atoms with Gasteiger partial charge in [0.25, 0.3) is 0 Å². The number of nitrogens with zero attached hydrogens (tertiary/aromatic N) is 1. The van der Waals surface area contributed by atoms with Crippen LogP contribution in [-0.2, 0) is 6.61 Å². The summed E-state index contributed by atoms with van der Waals surface area (Å²) >= 11 is 0. The van der Waals surface area contributed by atoms with Crippen LogP contribution in [-0.4, -0.2) is 21.3 Å². The molecule has 0 atom stereocenters. The number of carbonyl (C=O) groups is 1. The average Bonchev–Trinajstić information content (AvgIpc) is 2.75. The monoisotopic (exact) mass is 235 g/mol. The van der Waals surface area contributed by atoms with Crippen molar-refractivity contribution < 1.29 is 24.3 Å². The van der Waals surface area contributed by atoms with Crippen molar-refractivity contribution >= 4 is 5.97 Å². The molecule has 0 spiro atoms. The van der Waals surface area contributed by atoms with Crippen molar-refractivity contribution in [1.29, 1.82) is 0 Å². The quantitative estimate of drug-likeness (QED) is 0.837. The zero-order valence-electron chi connectivity index (χ0n) is 8.66. The lowest BCUT2D eigenvalue weighted by Crippen LogP contribution is -1.95. The number of ether oxygens (including phenoxy) is 1. The fraction of sp³-hybridized carbons (Fsp3) is 0.0909. The predicted molar refractivity (Wildman–Crippen MR) is 55.9 cm³/mol. The minimum atomic E-state index is -1.18. The van der Waals surface area contributed by atoms with Crippen LogP contribution in [0.1, 0.15) is 16.2 Å². The molecule has 0 unspecified atom stereocenters. The van der Waals surface area contributed by atoms with E-state index in [0.29, 0.717) is 11.4 Å². The van der Waals surface area contributed by atoms with Crippen molar-refractivity contribution in [3.8, 4) is 11.5 Å². The molecule has 0 fully saturated rings. The number of benzene rings is 1. The Balaban J connectivity index is 2.00. The molecule has 0 saturated carbocycles. The van der Waals surface area contributed by atoms with Crippen molar-refractivity contribution in [2.24, 2.45) is 0 Å². The second-order valence-corrected chi connectivity index (χ2v) is 3.27. The molecule has 2 aromatic rings. The number of carboxylic acids is 1. The number of carboxylic acid groups (broad SMARTS) is 1. The highest BCUT2D eigenvalue weighted by Gasteiger charge is 2.11. The summed E-state index contributed by atoms with van der Waals surface area (Å²) < 4.78 is 9.85. The van der Waals surface area contributed by atoms with Crippen LogP contribution in [0.25, 0.3) is 0 Å². The van der Waals surface area contributed by atoms with Crippen molar-refractivity contribution in [1.82, 2.24) is 5.16 Å². The molecule has 0 radical (unpaired) electrons. The second kappa shape index (κ2) is 4.56. The van der Waals surface area contributed by atoms with Gasteiger partial charge in [-0.15, -0.1) is 0 Å². The van der Waals surface area contributed by atoms with Gasteiger partial charge in [-0.05, 0) is 12.1 Å². The van der Waals surface area contributed by atoms with Gasteiger partial charge in [0.15, 0.2) is 0 Å². The number of aromatic nitrogens is 1. The SMILES string of the molecule is O=C(O)c1cc(COc2cccc(O)c2)no1. The van der Waals surface area contributed by atoms with E-state index in [1.54, 1.807) is 12.1 Å². The van der Waals surface area contributed by atoms with Gasteiger partial charge in [-0.25, -0.2) is 4.79 Å². The van der Waals surface area contributed by atoms with Crippen molar-refractivity contribution in [3.63, 3.8) is 0 Å². The molecule has 1 aromatic carbocycles. The van der Waals surface area contributed by atoms with Crippen molar-refractivity contribution in [2.75, 3.05) is 0 Å². The first kappa shape index (κ1) is 11.0. The molecule has 1 aromatic heterocycles. The summed E-state index contributed by atoms with van der Waals surface area (Å²) in [5, 5.41) is 21.3. The fourth-order valence-electron chi connectivity index (χ4n) is 1.21. The van der Waals surface area contributed by atoms with Crippen LogP contribution in [0.15, 0.2) is 34.9 Å². The third-order valence-corrected chi connectivity index (χ3v) is 1.97. The molecule has 6 nitrogen and oxygen atoms in total. The molecule has 6 heteroatoms. The summed E-state index contributed by atoms with van der Waals surface area (Å²) in [5.74, 6) is -0.862. The number of phenolic OH excluding ortho intramolecular Hbond substituents is 1. The molecule has 0 amide bonds. The largest absolute Gasteiger partial charge is 0.508 e. The summed E-state index contributed by atoms with van der Waals surface area (Å²) in [4.78, 5) is 10.5. The van der Waals surface area contributed by atoms with Gasteiger partial charge in [-0.3, -0.25) is 0 Å². The van der Waals surface area contributed by atoms with Crippen LogP contribution in [0.3, 0.4) is 0 Å². The zero-order valence-corrected chi connectivity index (χ0v) is 8.66. The molecule has 88 valence electrons. The summed E-state index contributed by atoms with van der Waals surface area (Å²) in [6, 6.07) is 7.54. The summed E-state index contributed by atoms with van der Waals surface area (Å²) in [5.41, 5.74) is 0.366. The van der Waals surface area contributed by atoms with E-state index in [1.807, 2.05) is 0 Å². The average molecular weight is 235 g/mol. The van der Waals surface area contributed by atoms with Gasteiger partial charge in [0.05, 0.1) is 0 Å². The van der Waals surface area contributed by atoms with Gasteiger partial charge in [-0.2, -0.15) is 0 Å². The van der Waals surface area contributed by atoms with Gasteiger partial charge in [0, 0.05) is 12.1 Å². The first-order valence-electron chi connectivity index (χ1n) is 4.76. The summed E-state index contributed by atoms with van der Waals surface area (Å²) in [6.07, 6.45) is 0. The lowest BCUT2D eigenvalue weighted by Gasteiger charge is -2.03. The highest BCUT2D eigenvalue weighted by atomic mass is 16.5. The smallest absolute Gasteiger partial charge is 0.374 e. The molecular weight excluding hydrogens is 226 g/mol. The van der Waals surface area contributed by atoms with E-state index in [4.69, 9.17) is 9.84 Å². The Kier molecular flexibility index (Phi) is 2.95. The molecule has 2 N–H and O–H groups in total. The lowest BCUT2D eigenvalue weighted by molar-refractivity contribution is 0.0651. The topological polar surface area (TPSA) is 92.8 Å². The van der Waals surface area contributed by atoms with Gasteiger partial charge < -0.3 is 19.5 Å². The molecule has 0 saturated heterocycles. The number of phenols is 1. The summed E-state index contributed by atoms with van der Waals surface area (Å²) in [7, 11) is 0. The van der Waals surface area contributed by atoms with Crippen LogP contribution >= 0.6 is 0 Å². The zero-order chi connectivity index (χ0) is 12.3. The Labute approximate surface area is 96.0 Å². The van der Waals surface area contributed by atoms with Crippen LogP contribution < -0.4 is 4.74 Å². The van der Waals surface area contributed by atoms with E-state index >= 15 is 0 Å². The minimum Gasteiger partial charge on any atom is -0.508 e. The molecule has 17 heavy (non-hydrogen) atoms. The lowest BCUT2D eigenvalue weighted by atomic mass is 10.3. The second-order valence-electron chi connectivity index (χ2n) is 3.27. The highest BCUT2D eigenvalue weighted by Crippen LogP contribution is 2.18. The number of hydrogen-bond acceptors (Lipinski definition) is 5. The van der Waals surface area contributed by atoms with Gasteiger partial charge in [0.1, 0.15) is 23.8 Å². The number of rotatable bonds is 4. The fourth-order valence-corrected chi connectivity index (χ4v) is 1.21. The molecular formula is C11H9NO5. The number of hydrogen-bond donors (Lipinski definition) is 2. The van der Waals surface area contributed by atoms with E-state index in [9.17, 15) is 9.90 Å². The first-order valence-corrected chi connectivity index (χ1v) is 4.76. The Morgan fingerprint density at radius 1 is 1.41 bits per heavy atom. The Morgan fingerprint density at radius 3 is 2.88 bits per heavy atom. The molecule has 2 rings (SSSR count). The third-order valence-electron chi connectivity index (χ3n) is 1.97. The van der Waals surface area contributed by atoms with E-state index in [0.717, 1.165) is 0 Å². The van der Waals surface area contributed by atoms with E-state index in [2.05, 4.69) is 9.68 Å². The number of aromatic carboxylic acids is 1. The maximum Gasteiger partial charge on any atom is 0.374 e.